The van der Waals surface area contributed by atoms with Gasteiger partial charge in [-0.1, -0.05) is 12.6 Å². The van der Waals surface area contributed by atoms with Gasteiger partial charge >= 0.3 is 6.03 Å². The number of nitrogens with zero attached hydrogens (tertiary/aromatic N) is 2. The van der Waals surface area contributed by atoms with Gasteiger partial charge in [0.1, 0.15) is 0 Å². The Morgan fingerprint density at radius 1 is 1.42 bits per heavy atom. The summed E-state index contributed by atoms with van der Waals surface area (Å²) in [7, 11) is 0. The number of hydrogen-bond acceptors (Lipinski definition) is 2. The Morgan fingerprint density at radius 3 is 2.79 bits per heavy atom. The summed E-state index contributed by atoms with van der Waals surface area (Å²) in [6.07, 6.45) is 2.49. The maximum atomic E-state index is 12.2. The van der Waals surface area contributed by atoms with Gasteiger partial charge in [0.2, 0.25) is 0 Å². The Labute approximate surface area is 112 Å². The summed E-state index contributed by atoms with van der Waals surface area (Å²) < 4.78 is 1.68. The highest BCUT2D eigenvalue weighted by atomic mass is 16.2. The highest BCUT2D eigenvalue weighted by Crippen LogP contribution is 2.10. The van der Waals surface area contributed by atoms with E-state index in [4.69, 9.17) is 0 Å². The number of carbonyl (C=O) groups excluding carboxylic acids is 1. The van der Waals surface area contributed by atoms with Crippen molar-refractivity contribution in [2.24, 2.45) is 0 Å². The van der Waals surface area contributed by atoms with Crippen LogP contribution in [0.4, 0.5) is 4.79 Å². The van der Waals surface area contributed by atoms with Crippen molar-refractivity contribution in [3.8, 4) is 0 Å². The van der Waals surface area contributed by atoms with Crippen LogP contribution in [0.2, 0.25) is 0 Å². The van der Waals surface area contributed by atoms with Crippen molar-refractivity contribution >= 4 is 6.03 Å². The molecule has 1 aliphatic rings. The Bertz CT molecular complexity index is 560. The fraction of sp³-hybridized carbons (Fsp3) is 0.429. The standard InChI is InChI=1S/C14H19N3O2/c1-10(2)17-7-4-5-12(13(17)18)9-16-8-6-11(3)15-14(16)19/h4-5,7,10H,3,6,8-9H2,1-2H3,(H,15,19). The van der Waals surface area contributed by atoms with Gasteiger partial charge in [0, 0.05) is 36.5 Å². The second kappa shape index (κ2) is 5.30. The van der Waals surface area contributed by atoms with Gasteiger partial charge in [0.15, 0.2) is 0 Å². The summed E-state index contributed by atoms with van der Waals surface area (Å²) >= 11 is 0. The maximum absolute atomic E-state index is 12.2. The van der Waals surface area contributed by atoms with Crippen LogP contribution >= 0.6 is 0 Å². The molecular formula is C14H19N3O2. The Kier molecular flexibility index (Phi) is 3.74. The Morgan fingerprint density at radius 2 is 2.16 bits per heavy atom. The van der Waals surface area contributed by atoms with Crippen molar-refractivity contribution < 1.29 is 4.79 Å². The molecule has 1 saturated heterocycles. The molecule has 0 aliphatic carbocycles. The predicted octanol–water partition coefficient (Wildman–Crippen LogP) is 1.86. The SMILES string of the molecule is C=C1CCN(Cc2cccn(C(C)C)c2=O)C(=O)N1. The molecule has 2 amide bonds. The summed E-state index contributed by atoms with van der Waals surface area (Å²) in [4.78, 5) is 25.7. The van der Waals surface area contributed by atoms with Crippen molar-refractivity contribution in [2.75, 3.05) is 6.54 Å². The van der Waals surface area contributed by atoms with Crippen LogP contribution < -0.4 is 10.9 Å². The molecule has 1 aromatic rings. The van der Waals surface area contributed by atoms with Crippen LogP contribution in [0.25, 0.3) is 0 Å². The number of rotatable bonds is 3. The van der Waals surface area contributed by atoms with Crippen molar-refractivity contribution in [3.63, 3.8) is 0 Å². The molecule has 19 heavy (non-hydrogen) atoms. The van der Waals surface area contributed by atoms with E-state index in [1.165, 1.54) is 0 Å². The topological polar surface area (TPSA) is 54.3 Å². The number of hydrogen-bond donors (Lipinski definition) is 1. The van der Waals surface area contributed by atoms with Crippen LogP contribution in [0, 0.1) is 0 Å². The van der Waals surface area contributed by atoms with Gasteiger partial charge in [-0.15, -0.1) is 0 Å². The number of aromatic nitrogens is 1. The molecule has 0 aromatic carbocycles. The molecule has 5 nitrogen and oxygen atoms in total. The molecule has 102 valence electrons. The minimum atomic E-state index is -0.185. The average Bonchev–Trinajstić information content (AvgIpc) is 2.34. The molecule has 0 spiro atoms. The molecule has 0 unspecified atom stereocenters. The minimum absolute atomic E-state index is 0.0327. The van der Waals surface area contributed by atoms with Crippen LogP contribution in [0.3, 0.4) is 0 Å². The first-order valence-electron chi connectivity index (χ1n) is 6.43. The van der Waals surface area contributed by atoms with Crippen LogP contribution in [-0.2, 0) is 6.54 Å². The first kappa shape index (κ1) is 13.4. The van der Waals surface area contributed by atoms with E-state index in [0.29, 0.717) is 18.7 Å². The van der Waals surface area contributed by atoms with Gasteiger partial charge in [-0.3, -0.25) is 4.79 Å². The molecule has 2 heterocycles. The fourth-order valence-electron chi connectivity index (χ4n) is 2.10. The van der Waals surface area contributed by atoms with Gasteiger partial charge in [-0.05, 0) is 19.9 Å². The zero-order chi connectivity index (χ0) is 14.0. The first-order chi connectivity index (χ1) is 8.99. The van der Waals surface area contributed by atoms with Crippen LogP contribution in [0.15, 0.2) is 35.4 Å². The van der Waals surface area contributed by atoms with Gasteiger partial charge in [0.05, 0.1) is 6.54 Å². The van der Waals surface area contributed by atoms with Crippen LogP contribution in [0.5, 0.6) is 0 Å². The third-order valence-corrected chi connectivity index (χ3v) is 3.23. The quantitative estimate of drug-likeness (QED) is 0.903. The molecule has 0 atom stereocenters. The lowest BCUT2D eigenvalue weighted by atomic mass is 10.2. The van der Waals surface area contributed by atoms with E-state index in [-0.39, 0.29) is 17.6 Å². The highest BCUT2D eigenvalue weighted by molar-refractivity contribution is 5.77. The molecule has 5 heteroatoms. The van der Waals surface area contributed by atoms with E-state index >= 15 is 0 Å². The lowest BCUT2D eigenvalue weighted by Gasteiger charge is -2.28. The van der Waals surface area contributed by atoms with E-state index in [9.17, 15) is 9.59 Å². The predicted molar refractivity (Wildman–Crippen MR) is 73.8 cm³/mol. The van der Waals surface area contributed by atoms with Gasteiger partial charge in [0.25, 0.3) is 5.56 Å². The molecule has 2 rings (SSSR count). The zero-order valence-electron chi connectivity index (χ0n) is 11.3. The Hall–Kier alpha value is -2.04. The third-order valence-electron chi connectivity index (χ3n) is 3.23. The van der Waals surface area contributed by atoms with Crippen LogP contribution in [-0.4, -0.2) is 22.0 Å². The number of amides is 2. The van der Waals surface area contributed by atoms with E-state index in [1.54, 1.807) is 21.7 Å². The second-order valence-electron chi connectivity index (χ2n) is 5.04. The Balaban J connectivity index is 2.20. The summed E-state index contributed by atoms with van der Waals surface area (Å²) in [6, 6.07) is 3.55. The van der Waals surface area contributed by atoms with Crippen molar-refractivity contribution in [3.05, 3.63) is 46.5 Å². The summed E-state index contributed by atoms with van der Waals surface area (Å²) in [5, 5.41) is 2.69. The van der Waals surface area contributed by atoms with E-state index < -0.39 is 0 Å². The summed E-state index contributed by atoms with van der Waals surface area (Å²) in [6.45, 7) is 8.60. The number of urea groups is 1. The van der Waals surface area contributed by atoms with Crippen molar-refractivity contribution in [2.45, 2.75) is 32.9 Å². The largest absolute Gasteiger partial charge is 0.321 e. The van der Waals surface area contributed by atoms with Crippen molar-refractivity contribution in [1.29, 1.82) is 0 Å². The lowest BCUT2D eigenvalue weighted by molar-refractivity contribution is 0.190. The third kappa shape index (κ3) is 2.86. The monoisotopic (exact) mass is 261 g/mol. The molecule has 1 aliphatic heterocycles. The van der Waals surface area contributed by atoms with Gasteiger partial charge < -0.3 is 14.8 Å². The zero-order valence-corrected chi connectivity index (χ0v) is 11.3. The number of pyridine rings is 1. The lowest BCUT2D eigenvalue weighted by Crippen LogP contribution is -2.45. The van der Waals surface area contributed by atoms with E-state index in [1.807, 2.05) is 19.9 Å². The van der Waals surface area contributed by atoms with Gasteiger partial charge in [-0.2, -0.15) is 0 Å². The average molecular weight is 261 g/mol. The minimum Gasteiger partial charge on any atom is -0.320 e. The summed E-state index contributed by atoms with van der Waals surface area (Å²) in [5.74, 6) is 0. The van der Waals surface area contributed by atoms with E-state index in [2.05, 4.69) is 11.9 Å². The van der Waals surface area contributed by atoms with E-state index in [0.717, 1.165) is 12.1 Å². The van der Waals surface area contributed by atoms with Crippen molar-refractivity contribution in [1.82, 2.24) is 14.8 Å². The molecule has 1 fully saturated rings. The molecule has 1 N–H and O–H groups in total. The molecule has 0 radical (unpaired) electrons. The molecular weight excluding hydrogens is 242 g/mol. The highest BCUT2D eigenvalue weighted by Gasteiger charge is 2.21. The smallest absolute Gasteiger partial charge is 0.320 e. The molecule has 0 saturated carbocycles. The normalized spacial score (nSPS) is 15.8. The number of nitrogens with one attached hydrogen (secondary N) is 1. The maximum Gasteiger partial charge on any atom is 0.321 e. The first-order valence-corrected chi connectivity index (χ1v) is 6.43. The van der Waals surface area contributed by atoms with Gasteiger partial charge in [-0.25, -0.2) is 4.79 Å². The molecule has 0 bridgehead atoms. The number of carbonyl (C=O) groups is 1. The summed E-state index contributed by atoms with van der Waals surface area (Å²) in [5.41, 5.74) is 1.34. The van der Waals surface area contributed by atoms with Crippen LogP contribution in [0.1, 0.15) is 31.9 Å². The second-order valence-corrected chi connectivity index (χ2v) is 5.04. The molecule has 1 aromatic heterocycles. The fourth-order valence-corrected chi connectivity index (χ4v) is 2.10.